The first-order valence-corrected chi connectivity index (χ1v) is 13.4. The molecule has 1 aromatic carbocycles. The van der Waals surface area contributed by atoms with Crippen molar-refractivity contribution in [2.24, 2.45) is 0 Å². The van der Waals surface area contributed by atoms with Gasteiger partial charge in [-0.15, -0.1) is 0 Å². The summed E-state index contributed by atoms with van der Waals surface area (Å²) in [7, 11) is 3.74. The Morgan fingerprint density at radius 2 is 1.87 bits per heavy atom. The zero-order valence-electron chi connectivity index (χ0n) is 23.3. The smallest absolute Gasteiger partial charge is 0.229 e. The van der Waals surface area contributed by atoms with Gasteiger partial charge in [-0.05, 0) is 65.3 Å². The van der Waals surface area contributed by atoms with Crippen LogP contribution in [0.3, 0.4) is 0 Å². The van der Waals surface area contributed by atoms with Gasteiger partial charge in [-0.2, -0.15) is 15.1 Å². The SMILES string of the molecule is CNC1CCN(c2nc(NCc3ccccc3-n3ccc(C(C)(C)OC)n3)c3ncn(C(C)C)c3n2)CC1. The molecule has 10 heteroatoms. The van der Waals surface area contributed by atoms with Crippen LogP contribution < -0.4 is 15.5 Å². The first kappa shape index (κ1) is 26.1. The summed E-state index contributed by atoms with van der Waals surface area (Å²) < 4.78 is 9.65. The lowest BCUT2D eigenvalue weighted by atomic mass is 10.1. The van der Waals surface area contributed by atoms with Crippen LogP contribution in [0, 0.1) is 0 Å². The van der Waals surface area contributed by atoms with Crippen molar-refractivity contribution in [1.29, 1.82) is 0 Å². The quantitative estimate of drug-likeness (QED) is 0.340. The van der Waals surface area contributed by atoms with E-state index in [9.17, 15) is 0 Å². The summed E-state index contributed by atoms with van der Waals surface area (Å²) >= 11 is 0. The number of methoxy groups -OCH3 is 1. The second-order valence-corrected chi connectivity index (χ2v) is 10.7. The first-order valence-electron chi connectivity index (χ1n) is 13.4. The van der Waals surface area contributed by atoms with Crippen molar-refractivity contribution in [3.8, 4) is 5.69 Å². The second-order valence-electron chi connectivity index (χ2n) is 10.7. The third-order valence-electron chi connectivity index (χ3n) is 7.55. The molecule has 1 aliphatic rings. The summed E-state index contributed by atoms with van der Waals surface area (Å²) in [4.78, 5) is 16.9. The average Bonchev–Trinajstić information content (AvgIpc) is 3.60. The Morgan fingerprint density at radius 1 is 1.11 bits per heavy atom. The highest BCUT2D eigenvalue weighted by Gasteiger charge is 2.24. The van der Waals surface area contributed by atoms with E-state index in [1.807, 2.05) is 56.3 Å². The highest BCUT2D eigenvalue weighted by Crippen LogP contribution is 2.28. The molecule has 38 heavy (non-hydrogen) atoms. The normalized spacial score (nSPS) is 15.1. The zero-order valence-corrected chi connectivity index (χ0v) is 23.3. The summed E-state index contributed by atoms with van der Waals surface area (Å²) in [5, 5.41) is 11.8. The van der Waals surface area contributed by atoms with E-state index in [2.05, 4.69) is 46.1 Å². The number of hydrogen-bond acceptors (Lipinski definition) is 8. The van der Waals surface area contributed by atoms with Gasteiger partial charge in [0.25, 0.3) is 0 Å². The van der Waals surface area contributed by atoms with E-state index in [-0.39, 0.29) is 6.04 Å². The molecule has 0 aliphatic carbocycles. The minimum Gasteiger partial charge on any atom is -0.372 e. The van der Waals surface area contributed by atoms with Crippen LogP contribution in [0.5, 0.6) is 0 Å². The largest absolute Gasteiger partial charge is 0.372 e. The molecule has 0 spiro atoms. The fraction of sp³-hybridized carbons (Fsp3) is 0.500. The van der Waals surface area contributed by atoms with E-state index in [0.29, 0.717) is 12.6 Å². The van der Waals surface area contributed by atoms with Crippen molar-refractivity contribution >= 4 is 22.9 Å². The van der Waals surface area contributed by atoms with E-state index in [0.717, 1.165) is 65.8 Å². The predicted octanol–water partition coefficient (Wildman–Crippen LogP) is 4.27. The Balaban J connectivity index is 1.45. The number of anilines is 2. The number of nitrogens with zero attached hydrogens (tertiary/aromatic N) is 7. The van der Waals surface area contributed by atoms with Gasteiger partial charge in [-0.25, -0.2) is 9.67 Å². The molecule has 3 aromatic heterocycles. The van der Waals surface area contributed by atoms with E-state index in [1.54, 1.807) is 7.11 Å². The van der Waals surface area contributed by atoms with Crippen molar-refractivity contribution in [2.75, 3.05) is 37.5 Å². The molecule has 0 amide bonds. The molecule has 1 saturated heterocycles. The van der Waals surface area contributed by atoms with Crippen LogP contribution >= 0.6 is 0 Å². The molecule has 10 nitrogen and oxygen atoms in total. The van der Waals surface area contributed by atoms with Crippen LogP contribution in [0.4, 0.5) is 11.8 Å². The van der Waals surface area contributed by atoms with E-state index in [4.69, 9.17) is 24.8 Å². The molecule has 0 saturated carbocycles. The highest BCUT2D eigenvalue weighted by molar-refractivity contribution is 5.84. The van der Waals surface area contributed by atoms with E-state index >= 15 is 0 Å². The monoisotopic (exact) mass is 517 g/mol. The van der Waals surface area contributed by atoms with Gasteiger partial charge in [0.15, 0.2) is 17.0 Å². The van der Waals surface area contributed by atoms with Crippen molar-refractivity contribution in [2.45, 2.75) is 64.8 Å². The molecule has 202 valence electrons. The first-order chi connectivity index (χ1) is 18.3. The maximum absolute atomic E-state index is 5.62. The Labute approximate surface area is 224 Å². The molecule has 0 radical (unpaired) electrons. The fourth-order valence-corrected chi connectivity index (χ4v) is 4.86. The van der Waals surface area contributed by atoms with E-state index in [1.165, 1.54) is 0 Å². The molecular weight excluding hydrogens is 478 g/mol. The lowest BCUT2D eigenvalue weighted by Crippen LogP contribution is -2.42. The molecule has 1 aliphatic heterocycles. The number of aromatic nitrogens is 6. The number of piperidine rings is 1. The molecule has 1 fully saturated rings. The van der Waals surface area contributed by atoms with Crippen molar-refractivity contribution in [1.82, 2.24) is 34.6 Å². The van der Waals surface area contributed by atoms with Crippen molar-refractivity contribution < 1.29 is 4.74 Å². The third-order valence-corrected chi connectivity index (χ3v) is 7.55. The van der Waals surface area contributed by atoms with Crippen LogP contribution in [-0.2, 0) is 16.9 Å². The Hall–Kier alpha value is -3.50. The van der Waals surface area contributed by atoms with Crippen LogP contribution in [0.25, 0.3) is 16.9 Å². The summed E-state index contributed by atoms with van der Waals surface area (Å²) in [5.74, 6) is 1.50. The van der Waals surface area contributed by atoms with Gasteiger partial charge in [-0.1, -0.05) is 18.2 Å². The fourth-order valence-electron chi connectivity index (χ4n) is 4.86. The van der Waals surface area contributed by atoms with Gasteiger partial charge in [0.1, 0.15) is 5.60 Å². The highest BCUT2D eigenvalue weighted by atomic mass is 16.5. The maximum Gasteiger partial charge on any atom is 0.229 e. The number of fused-ring (bicyclic) bond motifs is 1. The number of hydrogen-bond donors (Lipinski definition) is 2. The number of imidazole rings is 1. The van der Waals surface area contributed by atoms with Gasteiger partial charge in [0.2, 0.25) is 5.95 Å². The summed E-state index contributed by atoms with van der Waals surface area (Å²) in [6.07, 6.45) is 5.99. The third kappa shape index (κ3) is 5.10. The number of para-hydroxylation sites is 1. The molecule has 4 heterocycles. The Kier molecular flexibility index (Phi) is 7.36. The van der Waals surface area contributed by atoms with E-state index < -0.39 is 5.60 Å². The average molecular weight is 518 g/mol. The molecule has 5 rings (SSSR count). The Morgan fingerprint density at radius 3 is 2.58 bits per heavy atom. The number of benzene rings is 1. The molecule has 0 atom stereocenters. The van der Waals surface area contributed by atoms with Crippen molar-refractivity contribution in [3.63, 3.8) is 0 Å². The van der Waals surface area contributed by atoms with Crippen LogP contribution in [0.15, 0.2) is 42.9 Å². The van der Waals surface area contributed by atoms with Crippen LogP contribution in [0.2, 0.25) is 0 Å². The standard InChI is InChI=1S/C28H39N9O/c1-19(2)36-18-31-24-25(32-27(33-26(24)36)35-14-11-21(29-5)12-15-35)30-17-20-9-7-8-10-22(20)37-16-13-23(34-37)28(3,4)38-6/h7-10,13,16,18-19,21,29H,11-12,14-15,17H2,1-6H3,(H,30,32,33). The van der Waals surface area contributed by atoms with Gasteiger partial charge >= 0.3 is 0 Å². The lowest BCUT2D eigenvalue weighted by molar-refractivity contribution is 0.0152. The van der Waals surface area contributed by atoms with Gasteiger partial charge in [0, 0.05) is 45.0 Å². The minimum absolute atomic E-state index is 0.247. The Bertz CT molecular complexity index is 1380. The van der Waals surface area contributed by atoms with Gasteiger partial charge in [0.05, 0.1) is 17.7 Å². The van der Waals surface area contributed by atoms with Crippen LogP contribution in [0.1, 0.15) is 57.8 Å². The maximum atomic E-state index is 5.62. The molecule has 2 N–H and O–H groups in total. The minimum atomic E-state index is -0.460. The van der Waals surface area contributed by atoms with Gasteiger partial charge < -0.3 is 24.8 Å². The number of rotatable bonds is 9. The summed E-state index contributed by atoms with van der Waals surface area (Å²) in [6, 6.07) is 11.1. The predicted molar refractivity (Wildman–Crippen MR) is 151 cm³/mol. The summed E-state index contributed by atoms with van der Waals surface area (Å²) in [5.41, 5.74) is 4.17. The molecule has 0 bridgehead atoms. The van der Waals surface area contributed by atoms with Crippen molar-refractivity contribution in [3.05, 3.63) is 54.1 Å². The topological polar surface area (TPSA) is 98.0 Å². The molecule has 0 unspecified atom stereocenters. The number of nitrogens with one attached hydrogen (secondary N) is 2. The lowest BCUT2D eigenvalue weighted by Gasteiger charge is -2.32. The number of ether oxygens (including phenoxy) is 1. The zero-order chi connectivity index (χ0) is 26.9. The molecule has 4 aromatic rings. The summed E-state index contributed by atoms with van der Waals surface area (Å²) in [6.45, 7) is 10.7. The molecular formula is C28H39N9O. The van der Waals surface area contributed by atoms with Crippen LogP contribution in [-0.4, -0.2) is 62.6 Å². The second kappa shape index (κ2) is 10.7. The van der Waals surface area contributed by atoms with Gasteiger partial charge in [-0.3, -0.25) is 0 Å².